The van der Waals surface area contributed by atoms with Crippen LogP contribution in [0.15, 0.2) is 48.8 Å². The summed E-state index contributed by atoms with van der Waals surface area (Å²) in [5.74, 6) is 0. The van der Waals surface area contributed by atoms with Crippen LogP contribution in [-0.4, -0.2) is 47.8 Å². The minimum atomic E-state index is 0.217. The maximum atomic E-state index is 5.49. The number of morpholine rings is 1. The molecule has 1 aliphatic rings. The predicted molar refractivity (Wildman–Crippen MR) is 105 cm³/mol. The number of thiocarbonyl (C=S) groups is 1. The van der Waals surface area contributed by atoms with Crippen molar-refractivity contribution >= 4 is 23.0 Å². The summed E-state index contributed by atoms with van der Waals surface area (Å²) in [6.07, 6.45) is 3.73. The highest BCUT2D eigenvalue weighted by Crippen LogP contribution is 2.20. The van der Waals surface area contributed by atoms with Crippen LogP contribution < -0.4 is 10.6 Å². The molecule has 2 heterocycles. The second-order valence-electron chi connectivity index (χ2n) is 6.16. The molecule has 3 rings (SSSR count). The van der Waals surface area contributed by atoms with Crippen molar-refractivity contribution in [1.82, 2.24) is 15.2 Å². The van der Waals surface area contributed by atoms with E-state index in [4.69, 9.17) is 17.0 Å². The van der Waals surface area contributed by atoms with Crippen LogP contribution in [-0.2, 0) is 4.74 Å². The van der Waals surface area contributed by atoms with Crippen LogP contribution in [0.25, 0.3) is 0 Å². The van der Waals surface area contributed by atoms with Crippen LogP contribution in [0.3, 0.4) is 0 Å². The molecule has 25 heavy (non-hydrogen) atoms. The van der Waals surface area contributed by atoms with Crippen molar-refractivity contribution in [2.45, 2.75) is 13.0 Å². The SMILES string of the molecule is Cc1cccc(NC(=S)NC[C@@H](c2cccnc2)N2CCOCC2)c1. The number of benzene rings is 1. The molecule has 0 amide bonds. The average Bonchev–Trinajstić information content (AvgIpc) is 2.64. The number of rotatable bonds is 5. The number of aryl methyl sites for hydroxylation is 1. The van der Waals surface area contributed by atoms with Crippen molar-refractivity contribution in [3.63, 3.8) is 0 Å². The lowest BCUT2D eigenvalue weighted by atomic mass is 10.1. The van der Waals surface area contributed by atoms with Gasteiger partial charge in [-0.1, -0.05) is 18.2 Å². The molecule has 1 aliphatic heterocycles. The monoisotopic (exact) mass is 356 g/mol. The minimum absolute atomic E-state index is 0.217. The van der Waals surface area contributed by atoms with Gasteiger partial charge in [0.2, 0.25) is 0 Å². The normalized spacial score (nSPS) is 16.2. The molecule has 1 aromatic heterocycles. The molecule has 1 aromatic carbocycles. The quantitative estimate of drug-likeness (QED) is 0.804. The minimum Gasteiger partial charge on any atom is -0.379 e. The Hall–Kier alpha value is -2.02. The maximum absolute atomic E-state index is 5.49. The van der Waals surface area contributed by atoms with Gasteiger partial charge >= 0.3 is 0 Å². The van der Waals surface area contributed by atoms with Gasteiger partial charge in [0.1, 0.15) is 0 Å². The lowest BCUT2D eigenvalue weighted by molar-refractivity contribution is 0.0170. The van der Waals surface area contributed by atoms with E-state index < -0.39 is 0 Å². The summed E-state index contributed by atoms with van der Waals surface area (Å²) in [5.41, 5.74) is 3.39. The molecule has 1 saturated heterocycles. The van der Waals surface area contributed by atoms with Crippen molar-refractivity contribution in [2.75, 3.05) is 38.2 Å². The number of nitrogens with one attached hydrogen (secondary N) is 2. The number of nitrogens with zero attached hydrogens (tertiary/aromatic N) is 2. The Balaban J connectivity index is 1.62. The van der Waals surface area contributed by atoms with Gasteiger partial charge in [-0.15, -0.1) is 0 Å². The van der Waals surface area contributed by atoms with Crippen LogP contribution in [0.5, 0.6) is 0 Å². The standard InChI is InChI=1S/C19H24N4OS/c1-15-4-2-6-17(12-15)22-19(25)21-14-18(16-5-3-7-20-13-16)23-8-10-24-11-9-23/h2-7,12-13,18H,8-11,14H2,1H3,(H2,21,22,25)/t18-/m0/s1. The van der Waals surface area contributed by atoms with Gasteiger partial charge in [-0.05, 0) is 48.5 Å². The first kappa shape index (κ1) is 17.8. The zero-order valence-electron chi connectivity index (χ0n) is 14.4. The molecule has 0 aliphatic carbocycles. The van der Waals surface area contributed by atoms with E-state index in [0.717, 1.165) is 38.5 Å². The highest BCUT2D eigenvalue weighted by atomic mass is 32.1. The molecule has 0 radical (unpaired) electrons. The Bertz CT molecular complexity index is 689. The Morgan fingerprint density at radius 1 is 1.28 bits per heavy atom. The third-order valence-electron chi connectivity index (χ3n) is 4.29. The summed E-state index contributed by atoms with van der Waals surface area (Å²) >= 11 is 5.47. The number of aromatic nitrogens is 1. The molecule has 132 valence electrons. The van der Waals surface area contributed by atoms with Crippen molar-refractivity contribution in [2.24, 2.45) is 0 Å². The van der Waals surface area contributed by atoms with Crippen LogP contribution in [0, 0.1) is 6.92 Å². The molecule has 0 bridgehead atoms. The van der Waals surface area contributed by atoms with Gasteiger partial charge in [0.25, 0.3) is 0 Å². The average molecular weight is 356 g/mol. The van der Waals surface area contributed by atoms with Crippen molar-refractivity contribution in [3.8, 4) is 0 Å². The topological polar surface area (TPSA) is 49.4 Å². The van der Waals surface area contributed by atoms with Gasteiger partial charge in [0.05, 0.1) is 19.3 Å². The number of ether oxygens (including phenoxy) is 1. The highest BCUT2D eigenvalue weighted by Gasteiger charge is 2.22. The van der Waals surface area contributed by atoms with E-state index in [9.17, 15) is 0 Å². The van der Waals surface area contributed by atoms with Crippen LogP contribution in [0.2, 0.25) is 0 Å². The number of hydrogen-bond donors (Lipinski definition) is 2. The lowest BCUT2D eigenvalue weighted by Crippen LogP contribution is -2.44. The second kappa shape index (κ2) is 8.89. The summed E-state index contributed by atoms with van der Waals surface area (Å²) < 4.78 is 5.49. The fourth-order valence-electron chi connectivity index (χ4n) is 3.01. The van der Waals surface area contributed by atoms with Gasteiger partial charge < -0.3 is 15.4 Å². The Labute approximate surface area is 154 Å². The largest absolute Gasteiger partial charge is 0.379 e. The van der Waals surface area contributed by atoms with E-state index in [-0.39, 0.29) is 6.04 Å². The molecule has 1 fully saturated rings. The zero-order chi connectivity index (χ0) is 17.5. The second-order valence-corrected chi connectivity index (χ2v) is 6.56. The first-order valence-electron chi connectivity index (χ1n) is 8.55. The fraction of sp³-hybridized carbons (Fsp3) is 0.368. The smallest absolute Gasteiger partial charge is 0.170 e. The molecule has 5 nitrogen and oxygen atoms in total. The van der Waals surface area contributed by atoms with E-state index in [2.05, 4.69) is 45.6 Å². The van der Waals surface area contributed by atoms with E-state index in [1.165, 1.54) is 11.1 Å². The summed E-state index contributed by atoms with van der Waals surface area (Å²) in [7, 11) is 0. The number of pyridine rings is 1. The van der Waals surface area contributed by atoms with E-state index >= 15 is 0 Å². The summed E-state index contributed by atoms with van der Waals surface area (Å²) in [6, 6.07) is 12.5. The summed E-state index contributed by atoms with van der Waals surface area (Å²) in [5, 5.41) is 7.24. The summed E-state index contributed by atoms with van der Waals surface area (Å²) in [6.45, 7) is 6.16. The maximum Gasteiger partial charge on any atom is 0.170 e. The molecule has 1 atom stereocenters. The van der Waals surface area contributed by atoms with Crippen molar-refractivity contribution in [1.29, 1.82) is 0 Å². The lowest BCUT2D eigenvalue weighted by Gasteiger charge is -2.35. The predicted octanol–water partition coefficient (Wildman–Crippen LogP) is 2.75. The molecule has 0 saturated carbocycles. The molecular weight excluding hydrogens is 332 g/mol. The van der Waals surface area contributed by atoms with Crippen LogP contribution in [0.1, 0.15) is 17.2 Å². The molecule has 0 unspecified atom stereocenters. The van der Waals surface area contributed by atoms with Gasteiger partial charge in [-0.3, -0.25) is 9.88 Å². The first-order valence-corrected chi connectivity index (χ1v) is 8.96. The third-order valence-corrected chi connectivity index (χ3v) is 4.53. The van der Waals surface area contributed by atoms with Crippen molar-refractivity contribution in [3.05, 3.63) is 59.9 Å². The number of hydrogen-bond acceptors (Lipinski definition) is 4. The first-order chi connectivity index (χ1) is 12.2. The van der Waals surface area contributed by atoms with Gasteiger partial charge in [0, 0.05) is 37.7 Å². The van der Waals surface area contributed by atoms with Crippen molar-refractivity contribution < 1.29 is 4.74 Å². The molecule has 6 heteroatoms. The number of anilines is 1. The molecule has 2 aromatic rings. The molecule has 0 spiro atoms. The molecule has 2 N–H and O–H groups in total. The highest BCUT2D eigenvalue weighted by molar-refractivity contribution is 7.80. The third kappa shape index (κ3) is 5.22. The van der Waals surface area contributed by atoms with E-state index in [1.807, 2.05) is 24.4 Å². The van der Waals surface area contributed by atoms with Gasteiger partial charge in [-0.2, -0.15) is 0 Å². The van der Waals surface area contributed by atoms with E-state index in [0.29, 0.717) is 5.11 Å². The van der Waals surface area contributed by atoms with Crippen LogP contribution >= 0.6 is 12.2 Å². The summed E-state index contributed by atoms with van der Waals surface area (Å²) in [4.78, 5) is 6.69. The van der Waals surface area contributed by atoms with E-state index in [1.54, 1.807) is 6.20 Å². The Morgan fingerprint density at radius 2 is 2.12 bits per heavy atom. The zero-order valence-corrected chi connectivity index (χ0v) is 15.3. The Morgan fingerprint density at radius 3 is 2.84 bits per heavy atom. The van der Waals surface area contributed by atoms with Crippen LogP contribution in [0.4, 0.5) is 5.69 Å². The van der Waals surface area contributed by atoms with Gasteiger partial charge in [0.15, 0.2) is 5.11 Å². The van der Waals surface area contributed by atoms with Gasteiger partial charge in [-0.25, -0.2) is 0 Å². The Kier molecular flexibility index (Phi) is 6.33. The fourth-order valence-corrected chi connectivity index (χ4v) is 3.21. The molecular formula is C19H24N4OS.